The average Bonchev–Trinajstić information content (AvgIpc) is 3.55. The zero-order valence-corrected chi connectivity index (χ0v) is 53.2. The Hall–Kier alpha value is -3.58. The van der Waals surface area contributed by atoms with Gasteiger partial charge in [-0.3, -0.25) is 14.4 Å². The number of aliphatic hydroxyl groups is 2. The van der Waals surface area contributed by atoms with Crippen LogP contribution in [0.4, 0.5) is 0 Å². The molecule has 1 aliphatic heterocycles. The molecule has 0 aromatic rings. The van der Waals surface area contributed by atoms with Crippen molar-refractivity contribution >= 4 is 23.9 Å². The van der Waals surface area contributed by atoms with Crippen LogP contribution in [0.2, 0.25) is 0 Å². The molecule has 1 aliphatic rings. The monoisotopic (exact) mass is 1170 g/mol. The summed E-state index contributed by atoms with van der Waals surface area (Å²) in [6, 6.07) is 0. The third kappa shape index (κ3) is 48.3. The van der Waals surface area contributed by atoms with Crippen molar-refractivity contribution in [2.75, 3.05) is 13.2 Å². The molecule has 0 aliphatic carbocycles. The first-order chi connectivity index (χ1) is 40.6. The molecule has 480 valence electrons. The van der Waals surface area contributed by atoms with Gasteiger partial charge in [0.05, 0.1) is 6.61 Å². The first kappa shape index (κ1) is 77.4. The number of allylic oxidation sites excluding steroid dienone is 10. The van der Waals surface area contributed by atoms with Gasteiger partial charge in [-0.1, -0.05) is 274 Å². The summed E-state index contributed by atoms with van der Waals surface area (Å²) >= 11 is 0. The second-order valence-corrected chi connectivity index (χ2v) is 23.4. The topological polar surface area (TPSA) is 175 Å². The smallest absolute Gasteiger partial charge is 0.335 e. The van der Waals surface area contributed by atoms with Gasteiger partial charge in [0.15, 0.2) is 24.6 Å². The van der Waals surface area contributed by atoms with Crippen LogP contribution in [0.15, 0.2) is 60.8 Å². The summed E-state index contributed by atoms with van der Waals surface area (Å²) in [5.41, 5.74) is 0. The number of carbonyl (C=O) groups is 4. The van der Waals surface area contributed by atoms with Crippen molar-refractivity contribution in [2.24, 2.45) is 0 Å². The molecule has 0 bridgehead atoms. The van der Waals surface area contributed by atoms with Crippen LogP contribution in [0.1, 0.15) is 316 Å². The minimum Gasteiger partial charge on any atom is -0.479 e. The summed E-state index contributed by atoms with van der Waals surface area (Å²) < 4.78 is 28.6. The van der Waals surface area contributed by atoms with Crippen molar-refractivity contribution in [3.05, 3.63) is 60.8 Å². The largest absolute Gasteiger partial charge is 0.479 e. The first-order valence-electron chi connectivity index (χ1n) is 34.3. The van der Waals surface area contributed by atoms with E-state index in [0.29, 0.717) is 19.3 Å². The van der Waals surface area contributed by atoms with Crippen LogP contribution in [0.3, 0.4) is 0 Å². The van der Waals surface area contributed by atoms with Crippen LogP contribution in [-0.4, -0.2) is 89.2 Å². The molecule has 0 aromatic heterocycles. The van der Waals surface area contributed by atoms with Gasteiger partial charge in [0.2, 0.25) is 0 Å². The fourth-order valence-electron chi connectivity index (χ4n) is 10.4. The lowest BCUT2D eigenvalue weighted by molar-refractivity contribution is -0.301. The number of aliphatic carboxylic acids is 1. The zero-order chi connectivity index (χ0) is 60.3. The highest BCUT2D eigenvalue weighted by Gasteiger charge is 2.50. The molecule has 1 heterocycles. The highest BCUT2D eigenvalue weighted by atomic mass is 16.7. The molecular formula is C71H124O12. The normalized spacial score (nSPS) is 17.9. The Morgan fingerprint density at radius 1 is 0.410 bits per heavy atom. The molecule has 6 atom stereocenters. The van der Waals surface area contributed by atoms with E-state index in [2.05, 4.69) is 81.5 Å². The van der Waals surface area contributed by atoms with Gasteiger partial charge in [-0.15, -0.1) is 0 Å². The summed E-state index contributed by atoms with van der Waals surface area (Å²) in [6.07, 6.45) is 61.7. The molecule has 1 rings (SSSR count). The summed E-state index contributed by atoms with van der Waals surface area (Å²) in [6.45, 7) is 5.93. The third-order valence-corrected chi connectivity index (χ3v) is 15.6. The van der Waals surface area contributed by atoms with E-state index in [4.69, 9.17) is 23.7 Å². The first-order valence-corrected chi connectivity index (χ1v) is 34.3. The number of unbranched alkanes of at least 4 members (excludes halogenated alkanes) is 35. The average molecular weight is 1170 g/mol. The Morgan fingerprint density at radius 3 is 1.17 bits per heavy atom. The van der Waals surface area contributed by atoms with E-state index in [9.17, 15) is 34.5 Å². The maximum atomic E-state index is 13.2. The van der Waals surface area contributed by atoms with E-state index in [-0.39, 0.29) is 25.9 Å². The number of aliphatic hydroxyl groups excluding tert-OH is 2. The molecular weight excluding hydrogens is 1040 g/mol. The van der Waals surface area contributed by atoms with Crippen molar-refractivity contribution in [3.63, 3.8) is 0 Å². The van der Waals surface area contributed by atoms with Gasteiger partial charge in [0, 0.05) is 19.3 Å². The maximum Gasteiger partial charge on any atom is 0.335 e. The summed E-state index contributed by atoms with van der Waals surface area (Å²) in [7, 11) is 0. The van der Waals surface area contributed by atoms with E-state index >= 15 is 0 Å². The fraction of sp³-hybridized carbons (Fsp3) is 0.803. The molecule has 1 fully saturated rings. The van der Waals surface area contributed by atoms with Crippen LogP contribution < -0.4 is 0 Å². The molecule has 0 aromatic carbocycles. The van der Waals surface area contributed by atoms with Crippen molar-refractivity contribution in [1.82, 2.24) is 0 Å². The number of carboxylic acid groups (broad SMARTS) is 1. The highest BCUT2D eigenvalue weighted by Crippen LogP contribution is 2.27. The minimum absolute atomic E-state index is 0.0448. The lowest BCUT2D eigenvalue weighted by Gasteiger charge is -2.40. The Balaban J connectivity index is 2.64. The number of carboxylic acids is 1. The second-order valence-electron chi connectivity index (χ2n) is 23.4. The number of carbonyl (C=O) groups excluding carboxylic acids is 3. The summed E-state index contributed by atoms with van der Waals surface area (Å²) in [4.78, 5) is 51.4. The molecule has 1 saturated heterocycles. The molecule has 12 heteroatoms. The van der Waals surface area contributed by atoms with Crippen LogP contribution in [0.5, 0.6) is 0 Å². The SMILES string of the molecule is CC/C=C\C/C=C\C/C=C\C/C=C\CCCCCCCCC(=O)OC1C(OCC(COC(=O)CCCCCCCCC/C=C\CCCCCCCC)OC(=O)CCCCCCCCCCCCCCCCCCC)OC(C(=O)O)C(O)C1O. The van der Waals surface area contributed by atoms with Crippen molar-refractivity contribution in [3.8, 4) is 0 Å². The number of esters is 3. The van der Waals surface area contributed by atoms with Gasteiger partial charge in [-0.2, -0.15) is 0 Å². The fourth-order valence-corrected chi connectivity index (χ4v) is 10.4. The predicted molar refractivity (Wildman–Crippen MR) is 340 cm³/mol. The van der Waals surface area contributed by atoms with Gasteiger partial charge in [-0.05, 0) is 83.5 Å². The van der Waals surface area contributed by atoms with E-state index in [1.54, 1.807) is 0 Å². The molecule has 0 amide bonds. The number of rotatable bonds is 59. The van der Waals surface area contributed by atoms with E-state index < -0.39 is 67.3 Å². The number of ether oxygens (including phenoxy) is 5. The van der Waals surface area contributed by atoms with Crippen LogP contribution >= 0.6 is 0 Å². The molecule has 0 radical (unpaired) electrons. The molecule has 3 N–H and O–H groups in total. The second kappa shape index (κ2) is 58.8. The molecule has 0 saturated carbocycles. The van der Waals surface area contributed by atoms with Gasteiger partial charge < -0.3 is 39.0 Å². The quantitative estimate of drug-likeness (QED) is 0.0228. The third-order valence-electron chi connectivity index (χ3n) is 15.6. The zero-order valence-electron chi connectivity index (χ0n) is 53.2. The van der Waals surface area contributed by atoms with E-state index in [1.165, 1.54) is 148 Å². The van der Waals surface area contributed by atoms with Gasteiger partial charge in [0.1, 0.15) is 18.8 Å². The number of hydrogen-bond donors (Lipinski definition) is 3. The Morgan fingerprint density at radius 2 is 0.759 bits per heavy atom. The summed E-state index contributed by atoms with van der Waals surface area (Å²) in [5.74, 6) is -3.11. The molecule has 12 nitrogen and oxygen atoms in total. The Kier molecular flexibility index (Phi) is 54.8. The summed E-state index contributed by atoms with van der Waals surface area (Å²) in [5, 5.41) is 31.6. The standard InChI is InChI=1S/C71H124O12/c1-4-7-10-13-16-19-22-25-28-31-32-35-38-41-44-47-50-53-56-59-65(74)82-69-67(76)66(75)68(70(77)78)83-71(69)80-61-62(81-64(73)58-55-52-49-46-43-40-37-34-30-27-24-21-18-15-12-9-6-3)60-79-63(72)57-54-51-48-45-42-39-36-33-29-26-23-20-17-14-11-8-5-2/h7,10,16,19,25-26,28-29,32,35,62,66-69,71,75-76H,4-6,8-9,11-15,17-18,20-24,27,30-31,33-34,36-61H2,1-3H3,(H,77,78)/b10-7-,19-16-,28-25-,29-26-,35-32-. The van der Waals surface area contributed by atoms with Gasteiger partial charge in [-0.25, -0.2) is 4.79 Å². The Bertz CT molecular complexity index is 1670. The minimum atomic E-state index is -1.91. The van der Waals surface area contributed by atoms with Gasteiger partial charge in [0.25, 0.3) is 0 Å². The maximum absolute atomic E-state index is 13.2. The highest BCUT2D eigenvalue weighted by molar-refractivity contribution is 5.74. The van der Waals surface area contributed by atoms with Crippen LogP contribution in [0.25, 0.3) is 0 Å². The van der Waals surface area contributed by atoms with Crippen molar-refractivity contribution in [1.29, 1.82) is 0 Å². The Labute approximate surface area is 506 Å². The predicted octanol–water partition coefficient (Wildman–Crippen LogP) is 18.7. The molecule has 6 unspecified atom stereocenters. The van der Waals surface area contributed by atoms with Crippen molar-refractivity contribution < 1.29 is 58.2 Å². The lowest BCUT2D eigenvalue weighted by Crippen LogP contribution is -2.61. The van der Waals surface area contributed by atoms with Crippen LogP contribution in [0, 0.1) is 0 Å². The van der Waals surface area contributed by atoms with E-state index in [0.717, 1.165) is 109 Å². The van der Waals surface area contributed by atoms with Gasteiger partial charge >= 0.3 is 23.9 Å². The van der Waals surface area contributed by atoms with E-state index in [1.807, 2.05) is 0 Å². The molecule has 0 spiro atoms. The van der Waals surface area contributed by atoms with Crippen molar-refractivity contribution in [2.45, 2.75) is 353 Å². The lowest BCUT2D eigenvalue weighted by atomic mass is 9.98. The van der Waals surface area contributed by atoms with Crippen LogP contribution in [-0.2, 0) is 42.9 Å². The number of hydrogen-bond acceptors (Lipinski definition) is 11. The molecule has 83 heavy (non-hydrogen) atoms.